The summed E-state index contributed by atoms with van der Waals surface area (Å²) in [6.45, 7) is 0.630. The van der Waals surface area contributed by atoms with Crippen molar-refractivity contribution in [3.63, 3.8) is 0 Å². The predicted octanol–water partition coefficient (Wildman–Crippen LogP) is 0.953. The average Bonchev–Trinajstić information content (AvgIpc) is 3.00. The molecule has 0 aliphatic heterocycles. The molecule has 0 aliphatic rings. The van der Waals surface area contributed by atoms with E-state index in [0.29, 0.717) is 30.6 Å². The van der Waals surface area contributed by atoms with Gasteiger partial charge in [-0.15, -0.1) is 0 Å². The quantitative estimate of drug-likeness (QED) is 0.464. The van der Waals surface area contributed by atoms with Crippen molar-refractivity contribution in [2.45, 2.75) is 6.42 Å². The molecule has 3 aromatic rings. The minimum atomic E-state index is 0.366. The van der Waals surface area contributed by atoms with Crippen LogP contribution in [0, 0.1) is 0 Å². The van der Waals surface area contributed by atoms with Gasteiger partial charge >= 0.3 is 0 Å². The highest BCUT2D eigenvalue weighted by molar-refractivity contribution is 5.89. The molecule has 0 amide bonds. The third-order valence-corrected chi connectivity index (χ3v) is 2.78. The second-order valence-electron chi connectivity index (χ2n) is 4.08. The summed E-state index contributed by atoms with van der Waals surface area (Å²) in [4.78, 5) is 12.6. The minimum absolute atomic E-state index is 0.366. The number of nitrogen functional groups attached to an aromatic ring is 1. The summed E-state index contributed by atoms with van der Waals surface area (Å²) in [6, 6.07) is 7.71. The number of rotatable bonds is 5. The van der Waals surface area contributed by atoms with E-state index < -0.39 is 0 Å². The maximum absolute atomic E-state index is 5.38. The third-order valence-electron chi connectivity index (χ3n) is 2.78. The molecule has 0 aliphatic carbocycles. The van der Waals surface area contributed by atoms with Crippen LogP contribution in [0.3, 0.4) is 0 Å². The van der Waals surface area contributed by atoms with Gasteiger partial charge in [-0.05, 0) is 12.1 Å². The Hall–Kier alpha value is -2.74. The SMILES string of the molecule is NNc1nc(NCCc2ncon2)c2ccccc2n1. The fourth-order valence-corrected chi connectivity index (χ4v) is 1.87. The molecule has 3 rings (SSSR count). The number of hydrogen-bond acceptors (Lipinski definition) is 8. The Bertz CT molecular complexity index is 698. The molecule has 4 N–H and O–H groups in total. The number of hydrogen-bond donors (Lipinski definition) is 3. The fourth-order valence-electron chi connectivity index (χ4n) is 1.87. The van der Waals surface area contributed by atoms with Crippen LogP contribution in [0.4, 0.5) is 11.8 Å². The van der Waals surface area contributed by atoms with E-state index in [1.807, 2.05) is 24.3 Å². The zero-order chi connectivity index (χ0) is 13.8. The largest absolute Gasteiger partial charge is 0.369 e. The van der Waals surface area contributed by atoms with Gasteiger partial charge in [0, 0.05) is 18.4 Å². The summed E-state index contributed by atoms with van der Waals surface area (Å²) < 4.78 is 4.68. The number of nitrogens with one attached hydrogen (secondary N) is 2. The summed E-state index contributed by atoms with van der Waals surface area (Å²) in [5, 5.41) is 7.91. The second-order valence-corrected chi connectivity index (χ2v) is 4.08. The van der Waals surface area contributed by atoms with E-state index in [1.54, 1.807) is 0 Å². The Morgan fingerprint density at radius 2 is 2.10 bits per heavy atom. The smallest absolute Gasteiger partial charge is 0.239 e. The molecule has 0 fully saturated rings. The lowest BCUT2D eigenvalue weighted by molar-refractivity contribution is 0.410. The Balaban J connectivity index is 1.82. The van der Waals surface area contributed by atoms with Gasteiger partial charge in [0.25, 0.3) is 0 Å². The molecule has 2 aromatic heterocycles. The highest BCUT2D eigenvalue weighted by atomic mass is 16.5. The summed E-state index contributed by atoms with van der Waals surface area (Å²) in [7, 11) is 0. The summed E-state index contributed by atoms with van der Waals surface area (Å²) >= 11 is 0. The van der Waals surface area contributed by atoms with Gasteiger partial charge in [0.05, 0.1) is 5.52 Å². The second kappa shape index (κ2) is 5.49. The number of hydrazine groups is 1. The van der Waals surface area contributed by atoms with Crippen molar-refractivity contribution >= 4 is 22.7 Å². The van der Waals surface area contributed by atoms with E-state index >= 15 is 0 Å². The molecule has 0 bridgehead atoms. The fraction of sp³-hybridized carbons (Fsp3) is 0.167. The molecule has 2 heterocycles. The molecule has 0 atom stereocenters. The van der Waals surface area contributed by atoms with E-state index in [2.05, 4.69) is 35.4 Å². The number of fused-ring (bicyclic) bond motifs is 1. The maximum Gasteiger partial charge on any atom is 0.239 e. The number of anilines is 2. The lowest BCUT2D eigenvalue weighted by Crippen LogP contribution is -2.13. The molecule has 102 valence electrons. The topological polar surface area (TPSA) is 115 Å². The monoisotopic (exact) mass is 271 g/mol. The van der Waals surface area contributed by atoms with Crippen LogP contribution in [0.2, 0.25) is 0 Å². The molecule has 0 spiro atoms. The third kappa shape index (κ3) is 2.50. The molecular weight excluding hydrogens is 258 g/mol. The van der Waals surface area contributed by atoms with Gasteiger partial charge in [-0.3, -0.25) is 5.43 Å². The lowest BCUT2D eigenvalue weighted by Gasteiger charge is -2.09. The Labute approximate surface area is 114 Å². The lowest BCUT2D eigenvalue weighted by atomic mass is 10.2. The van der Waals surface area contributed by atoms with Crippen LogP contribution in [0.15, 0.2) is 35.2 Å². The van der Waals surface area contributed by atoms with Crippen LogP contribution < -0.4 is 16.6 Å². The number of aromatic nitrogens is 4. The Morgan fingerprint density at radius 3 is 2.90 bits per heavy atom. The molecule has 20 heavy (non-hydrogen) atoms. The molecule has 8 heteroatoms. The van der Waals surface area contributed by atoms with Crippen LogP contribution in [0.5, 0.6) is 0 Å². The van der Waals surface area contributed by atoms with E-state index in [9.17, 15) is 0 Å². The molecule has 0 radical (unpaired) electrons. The molecule has 0 saturated heterocycles. The molecule has 1 aromatic carbocycles. The van der Waals surface area contributed by atoms with Crippen molar-refractivity contribution in [2.75, 3.05) is 17.3 Å². The highest BCUT2D eigenvalue weighted by Crippen LogP contribution is 2.21. The van der Waals surface area contributed by atoms with Gasteiger partial charge in [0.15, 0.2) is 5.82 Å². The predicted molar refractivity (Wildman–Crippen MR) is 73.8 cm³/mol. The summed E-state index contributed by atoms with van der Waals surface area (Å²) in [5.41, 5.74) is 3.28. The minimum Gasteiger partial charge on any atom is -0.369 e. The van der Waals surface area contributed by atoms with Gasteiger partial charge in [0.1, 0.15) is 5.82 Å². The Morgan fingerprint density at radius 1 is 1.20 bits per heavy atom. The van der Waals surface area contributed by atoms with Crippen LogP contribution in [0.25, 0.3) is 10.9 Å². The van der Waals surface area contributed by atoms with Crippen molar-refractivity contribution in [1.29, 1.82) is 0 Å². The Kier molecular flexibility index (Phi) is 3.38. The van der Waals surface area contributed by atoms with Crippen LogP contribution in [0.1, 0.15) is 5.82 Å². The van der Waals surface area contributed by atoms with Crippen LogP contribution in [-0.4, -0.2) is 26.7 Å². The number of nitrogens with two attached hydrogens (primary N) is 1. The zero-order valence-electron chi connectivity index (χ0n) is 10.6. The van der Waals surface area contributed by atoms with E-state index in [0.717, 1.165) is 10.9 Å². The van der Waals surface area contributed by atoms with E-state index in [-0.39, 0.29) is 0 Å². The first kappa shape index (κ1) is 12.3. The number of nitrogens with zero attached hydrogens (tertiary/aromatic N) is 4. The highest BCUT2D eigenvalue weighted by Gasteiger charge is 2.07. The van der Waals surface area contributed by atoms with E-state index in [1.165, 1.54) is 6.39 Å². The van der Waals surface area contributed by atoms with Gasteiger partial charge < -0.3 is 9.84 Å². The summed E-state index contributed by atoms with van der Waals surface area (Å²) in [5.74, 6) is 7.11. The van der Waals surface area contributed by atoms with Crippen molar-refractivity contribution in [3.8, 4) is 0 Å². The van der Waals surface area contributed by atoms with Gasteiger partial charge in [-0.2, -0.15) is 9.97 Å². The van der Waals surface area contributed by atoms with E-state index in [4.69, 9.17) is 5.84 Å². The maximum atomic E-state index is 5.38. The van der Waals surface area contributed by atoms with Crippen molar-refractivity contribution in [2.24, 2.45) is 5.84 Å². The normalized spacial score (nSPS) is 10.7. The van der Waals surface area contributed by atoms with Crippen molar-refractivity contribution < 1.29 is 4.52 Å². The molecule has 0 unspecified atom stereocenters. The number of benzene rings is 1. The molecule has 8 nitrogen and oxygen atoms in total. The standard InChI is InChI=1S/C12H13N7O/c13-18-12-16-9-4-2-1-3-8(9)11(17-12)14-6-5-10-15-7-20-19-10/h1-4,7H,5-6,13H2,(H2,14,16,17,18). The van der Waals surface area contributed by atoms with Crippen LogP contribution >= 0.6 is 0 Å². The first-order valence-electron chi connectivity index (χ1n) is 6.09. The number of para-hydroxylation sites is 1. The van der Waals surface area contributed by atoms with Crippen LogP contribution in [-0.2, 0) is 6.42 Å². The zero-order valence-corrected chi connectivity index (χ0v) is 10.6. The van der Waals surface area contributed by atoms with Gasteiger partial charge in [-0.1, -0.05) is 17.3 Å². The summed E-state index contributed by atoms with van der Waals surface area (Å²) in [6.07, 6.45) is 1.95. The first-order valence-corrected chi connectivity index (χ1v) is 6.09. The van der Waals surface area contributed by atoms with Crippen molar-refractivity contribution in [1.82, 2.24) is 20.1 Å². The van der Waals surface area contributed by atoms with Gasteiger partial charge in [-0.25, -0.2) is 10.8 Å². The first-order chi connectivity index (χ1) is 9.86. The molecule has 0 saturated carbocycles. The van der Waals surface area contributed by atoms with Gasteiger partial charge in [0.2, 0.25) is 12.3 Å². The average molecular weight is 271 g/mol. The molecular formula is C12H13N7O. The van der Waals surface area contributed by atoms with Crippen molar-refractivity contribution in [3.05, 3.63) is 36.5 Å².